The molecule has 0 spiro atoms. The van der Waals surface area contributed by atoms with Crippen LogP contribution in [0.1, 0.15) is 12.6 Å². The Kier molecular flexibility index (Phi) is 4.38. The minimum Gasteiger partial charge on any atom is -0.485 e. The van der Waals surface area contributed by atoms with Crippen LogP contribution in [-0.2, 0) is 11.4 Å². The van der Waals surface area contributed by atoms with E-state index in [0.29, 0.717) is 23.0 Å². The van der Waals surface area contributed by atoms with Crippen LogP contribution in [0.25, 0.3) is 11.5 Å². The van der Waals surface area contributed by atoms with Gasteiger partial charge in [-0.05, 0) is 24.3 Å². The van der Waals surface area contributed by atoms with Crippen molar-refractivity contribution in [2.24, 2.45) is 0 Å². The quantitative estimate of drug-likeness (QED) is 0.777. The lowest BCUT2D eigenvalue weighted by molar-refractivity contribution is -0.114. The van der Waals surface area contributed by atoms with E-state index in [1.165, 1.54) is 6.92 Å². The van der Waals surface area contributed by atoms with E-state index in [0.717, 1.165) is 5.56 Å². The van der Waals surface area contributed by atoms with E-state index in [1.54, 1.807) is 18.4 Å². The van der Waals surface area contributed by atoms with E-state index in [1.807, 2.05) is 42.5 Å². The molecule has 23 heavy (non-hydrogen) atoms. The van der Waals surface area contributed by atoms with Gasteiger partial charge >= 0.3 is 0 Å². The Balaban J connectivity index is 1.70. The predicted octanol–water partition coefficient (Wildman–Crippen LogP) is 3.88. The minimum atomic E-state index is -0.145. The van der Waals surface area contributed by atoms with Gasteiger partial charge in [-0.2, -0.15) is 0 Å². The molecule has 0 unspecified atom stereocenters. The second kappa shape index (κ2) is 6.79. The fourth-order valence-corrected chi connectivity index (χ4v) is 2.12. The van der Waals surface area contributed by atoms with Gasteiger partial charge in [-0.1, -0.05) is 30.3 Å². The lowest BCUT2D eigenvalue weighted by Crippen LogP contribution is -2.07. The zero-order valence-corrected chi connectivity index (χ0v) is 12.7. The maximum atomic E-state index is 11.2. The Morgan fingerprint density at radius 2 is 1.87 bits per heavy atom. The fourth-order valence-electron chi connectivity index (χ4n) is 2.12. The molecule has 0 saturated carbocycles. The van der Waals surface area contributed by atoms with E-state index in [9.17, 15) is 4.79 Å². The van der Waals surface area contributed by atoms with Gasteiger partial charge in [-0.15, -0.1) is 0 Å². The standard InChI is InChI=1S/C18H16N2O3/c1-13(21)19-16-9-5-6-10-17(16)22-11-15-12-23-18(20-15)14-7-3-2-4-8-14/h2-10,12H,11H2,1H3,(H,19,21). The number of aromatic nitrogens is 1. The predicted molar refractivity (Wildman–Crippen MR) is 87.0 cm³/mol. The number of nitrogens with zero attached hydrogens (tertiary/aromatic N) is 1. The molecule has 5 nitrogen and oxygen atoms in total. The summed E-state index contributed by atoms with van der Waals surface area (Å²) in [6.45, 7) is 1.72. The first-order valence-electron chi connectivity index (χ1n) is 7.21. The zero-order valence-electron chi connectivity index (χ0n) is 12.7. The molecule has 0 saturated heterocycles. The van der Waals surface area contributed by atoms with E-state index >= 15 is 0 Å². The number of hydrogen-bond acceptors (Lipinski definition) is 4. The molecular formula is C18H16N2O3. The normalized spacial score (nSPS) is 10.3. The number of hydrogen-bond donors (Lipinski definition) is 1. The number of benzene rings is 2. The number of anilines is 1. The monoisotopic (exact) mass is 308 g/mol. The smallest absolute Gasteiger partial charge is 0.226 e. The summed E-state index contributed by atoms with van der Waals surface area (Å²) < 4.78 is 11.2. The third kappa shape index (κ3) is 3.77. The molecule has 1 heterocycles. The third-order valence-electron chi connectivity index (χ3n) is 3.15. The van der Waals surface area contributed by atoms with Crippen LogP contribution >= 0.6 is 0 Å². The average Bonchev–Trinajstić information content (AvgIpc) is 3.03. The molecule has 116 valence electrons. The van der Waals surface area contributed by atoms with Gasteiger partial charge in [-0.25, -0.2) is 4.98 Å². The van der Waals surface area contributed by atoms with E-state index in [4.69, 9.17) is 9.15 Å². The highest BCUT2D eigenvalue weighted by Gasteiger charge is 2.09. The molecule has 5 heteroatoms. The molecule has 0 radical (unpaired) electrons. The molecule has 0 aliphatic carbocycles. The Hall–Kier alpha value is -3.08. The van der Waals surface area contributed by atoms with Crippen molar-refractivity contribution in [2.75, 3.05) is 5.32 Å². The van der Waals surface area contributed by atoms with E-state index in [-0.39, 0.29) is 12.5 Å². The van der Waals surface area contributed by atoms with Crippen molar-refractivity contribution in [2.45, 2.75) is 13.5 Å². The molecule has 1 aromatic heterocycles. The second-order valence-corrected chi connectivity index (χ2v) is 4.98. The molecule has 0 aliphatic rings. The van der Waals surface area contributed by atoms with Crippen LogP contribution in [0.2, 0.25) is 0 Å². The van der Waals surface area contributed by atoms with Gasteiger partial charge in [0.15, 0.2) is 0 Å². The maximum Gasteiger partial charge on any atom is 0.226 e. The van der Waals surface area contributed by atoms with E-state index < -0.39 is 0 Å². The van der Waals surface area contributed by atoms with Crippen molar-refractivity contribution < 1.29 is 13.9 Å². The maximum absolute atomic E-state index is 11.2. The number of carbonyl (C=O) groups is 1. The van der Waals surface area contributed by atoms with Gasteiger partial charge in [-0.3, -0.25) is 4.79 Å². The Bertz CT molecular complexity index is 797. The summed E-state index contributed by atoms with van der Waals surface area (Å²) in [6.07, 6.45) is 1.57. The van der Waals surface area contributed by atoms with Gasteiger partial charge in [0.2, 0.25) is 11.8 Å². The Morgan fingerprint density at radius 3 is 2.65 bits per heavy atom. The average molecular weight is 308 g/mol. The van der Waals surface area contributed by atoms with E-state index in [2.05, 4.69) is 10.3 Å². The van der Waals surface area contributed by atoms with Crippen molar-refractivity contribution in [1.29, 1.82) is 0 Å². The first-order chi connectivity index (χ1) is 11.2. The molecule has 2 aromatic carbocycles. The van der Waals surface area contributed by atoms with Crippen LogP contribution in [0.15, 0.2) is 65.3 Å². The molecular weight excluding hydrogens is 292 g/mol. The molecule has 0 bridgehead atoms. The van der Waals surface area contributed by atoms with Crippen molar-refractivity contribution in [1.82, 2.24) is 4.98 Å². The van der Waals surface area contributed by atoms with Crippen LogP contribution < -0.4 is 10.1 Å². The Labute approximate surface area is 133 Å². The number of rotatable bonds is 5. The first-order valence-corrected chi connectivity index (χ1v) is 7.21. The summed E-state index contributed by atoms with van der Waals surface area (Å²) in [5, 5.41) is 2.73. The summed E-state index contributed by atoms with van der Waals surface area (Å²) in [7, 11) is 0. The summed E-state index contributed by atoms with van der Waals surface area (Å²) in [6, 6.07) is 16.9. The number of amides is 1. The van der Waals surface area contributed by atoms with Crippen molar-refractivity contribution in [3.05, 3.63) is 66.6 Å². The molecule has 3 rings (SSSR count). The van der Waals surface area contributed by atoms with Crippen LogP contribution in [0.3, 0.4) is 0 Å². The third-order valence-corrected chi connectivity index (χ3v) is 3.15. The van der Waals surface area contributed by atoms with Crippen LogP contribution in [0.4, 0.5) is 5.69 Å². The number of nitrogens with one attached hydrogen (secondary N) is 1. The second-order valence-electron chi connectivity index (χ2n) is 4.98. The topological polar surface area (TPSA) is 64.4 Å². The van der Waals surface area contributed by atoms with Crippen molar-refractivity contribution in [3.8, 4) is 17.2 Å². The zero-order chi connectivity index (χ0) is 16.1. The van der Waals surface area contributed by atoms with Crippen molar-refractivity contribution >= 4 is 11.6 Å². The largest absolute Gasteiger partial charge is 0.485 e. The summed E-state index contributed by atoms with van der Waals surface area (Å²) in [4.78, 5) is 15.6. The highest BCUT2D eigenvalue weighted by molar-refractivity contribution is 5.90. The summed E-state index contributed by atoms with van der Waals surface area (Å²) >= 11 is 0. The van der Waals surface area contributed by atoms with Gasteiger partial charge < -0.3 is 14.5 Å². The summed E-state index contributed by atoms with van der Waals surface area (Å²) in [5.74, 6) is 1.00. The number of para-hydroxylation sites is 2. The lowest BCUT2D eigenvalue weighted by atomic mass is 10.2. The minimum absolute atomic E-state index is 0.145. The molecule has 0 fully saturated rings. The highest BCUT2D eigenvalue weighted by atomic mass is 16.5. The number of oxazole rings is 1. The summed E-state index contributed by atoms with van der Waals surface area (Å²) in [5.41, 5.74) is 2.23. The van der Waals surface area contributed by atoms with Gasteiger partial charge in [0.25, 0.3) is 0 Å². The van der Waals surface area contributed by atoms with Crippen molar-refractivity contribution in [3.63, 3.8) is 0 Å². The van der Waals surface area contributed by atoms with Gasteiger partial charge in [0.1, 0.15) is 24.3 Å². The fraction of sp³-hybridized carbons (Fsp3) is 0.111. The SMILES string of the molecule is CC(=O)Nc1ccccc1OCc1coc(-c2ccccc2)n1. The van der Waals surface area contributed by atoms with Crippen LogP contribution in [0, 0.1) is 0 Å². The first kappa shape index (κ1) is 14.8. The van der Waals surface area contributed by atoms with Crippen LogP contribution in [-0.4, -0.2) is 10.9 Å². The molecule has 1 N–H and O–H groups in total. The molecule has 3 aromatic rings. The highest BCUT2D eigenvalue weighted by Crippen LogP contribution is 2.25. The molecule has 0 aliphatic heterocycles. The molecule has 1 amide bonds. The Morgan fingerprint density at radius 1 is 1.13 bits per heavy atom. The molecule has 0 atom stereocenters. The van der Waals surface area contributed by atoms with Gasteiger partial charge in [0, 0.05) is 12.5 Å². The number of carbonyl (C=O) groups excluding carboxylic acids is 1. The number of ether oxygens (including phenoxy) is 1. The van der Waals surface area contributed by atoms with Crippen LogP contribution in [0.5, 0.6) is 5.75 Å². The van der Waals surface area contributed by atoms with Gasteiger partial charge in [0.05, 0.1) is 5.69 Å². The lowest BCUT2D eigenvalue weighted by Gasteiger charge is -2.10.